The lowest BCUT2D eigenvalue weighted by molar-refractivity contribution is 0.103. The maximum Gasteiger partial charge on any atom is 0.195 e. The van der Waals surface area contributed by atoms with Gasteiger partial charge in [0.1, 0.15) is 17.5 Å². The van der Waals surface area contributed by atoms with Crippen molar-refractivity contribution in [1.29, 1.82) is 0 Å². The van der Waals surface area contributed by atoms with Crippen LogP contribution in [0.2, 0.25) is 0 Å². The Balaban J connectivity index is 1.19. The van der Waals surface area contributed by atoms with Gasteiger partial charge in [0.25, 0.3) is 0 Å². The van der Waals surface area contributed by atoms with Gasteiger partial charge in [-0.05, 0) is 50.9 Å². The van der Waals surface area contributed by atoms with Crippen molar-refractivity contribution in [1.82, 2.24) is 30.6 Å². The van der Waals surface area contributed by atoms with Crippen LogP contribution < -0.4 is 16.0 Å². The minimum Gasteiger partial charge on any atom is -0.347 e. The number of aromatic amines is 2. The number of carbonyl (C=O) groups excluding carboxylic acids is 1. The molecule has 2 aliphatic rings. The number of nitrogens with zero attached hydrogens (tertiary/aromatic N) is 2. The highest BCUT2D eigenvalue weighted by Gasteiger charge is 2.21. The molecule has 0 saturated carbocycles. The van der Waals surface area contributed by atoms with E-state index in [9.17, 15) is 4.79 Å². The van der Waals surface area contributed by atoms with Crippen molar-refractivity contribution in [3.63, 3.8) is 0 Å². The standard InChI is InChI=1S/C27H29N7O/c35-25(18-11-9-17(10-12-18)23-15-30-26(33-23)21-7-3-13-28-21)19-5-1-2-6-20(19)32-24-16-31-27(34-24)22-8-4-14-29-22/h1-2,5-6,9-12,15-16,21-22,28-29,32H,3-4,7-8,13-14H2,(H,30,33)(H,31,34)/t21-,22-/m0/s1. The van der Waals surface area contributed by atoms with E-state index in [0.29, 0.717) is 23.0 Å². The molecule has 5 N–H and O–H groups in total. The van der Waals surface area contributed by atoms with Gasteiger partial charge in [-0.2, -0.15) is 0 Å². The van der Waals surface area contributed by atoms with Gasteiger partial charge >= 0.3 is 0 Å². The smallest absolute Gasteiger partial charge is 0.195 e. The van der Waals surface area contributed by atoms with Crippen LogP contribution >= 0.6 is 0 Å². The van der Waals surface area contributed by atoms with Gasteiger partial charge in [-0.1, -0.05) is 36.4 Å². The molecule has 0 bridgehead atoms. The number of aromatic nitrogens is 4. The Morgan fingerprint density at radius 1 is 0.829 bits per heavy atom. The van der Waals surface area contributed by atoms with E-state index in [1.54, 1.807) is 0 Å². The Labute approximate surface area is 204 Å². The first-order valence-corrected chi connectivity index (χ1v) is 12.3. The van der Waals surface area contributed by atoms with E-state index >= 15 is 0 Å². The molecule has 0 spiro atoms. The van der Waals surface area contributed by atoms with Crippen LogP contribution in [0, 0.1) is 0 Å². The molecule has 2 atom stereocenters. The molecule has 8 heteroatoms. The lowest BCUT2D eigenvalue weighted by atomic mass is 10.00. The fraction of sp³-hybridized carbons (Fsp3) is 0.296. The minimum atomic E-state index is -0.0364. The summed E-state index contributed by atoms with van der Waals surface area (Å²) in [5.41, 5.74) is 3.85. The van der Waals surface area contributed by atoms with Gasteiger partial charge in [0, 0.05) is 29.1 Å². The van der Waals surface area contributed by atoms with Crippen molar-refractivity contribution < 1.29 is 4.79 Å². The van der Waals surface area contributed by atoms with E-state index in [2.05, 4.69) is 30.9 Å². The second-order valence-electron chi connectivity index (χ2n) is 9.22. The Kier molecular flexibility index (Phi) is 5.89. The van der Waals surface area contributed by atoms with Gasteiger partial charge in [0.2, 0.25) is 0 Å². The van der Waals surface area contributed by atoms with Crippen LogP contribution in [0.4, 0.5) is 11.5 Å². The summed E-state index contributed by atoms with van der Waals surface area (Å²) in [5, 5.41) is 10.2. The summed E-state index contributed by atoms with van der Waals surface area (Å²) in [7, 11) is 0. The van der Waals surface area contributed by atoms with Crippen molar-refractivity contribution in [3.8, 4) is 11.3 Å². The number of anilines is 2. The Hall–Kier alpha value is -3.75. The number of hydrogen-bond donors (Lipinski definition) is 5. The predicted octanol–water partition coefficient (Wildman–Crippen LogP) is 4.62. The zero-order valence-electron chi connectivity index (χ0n) is 19.5. The Morgan fingerprint density at radius 3 is 2.23 bits per heavy atom. The van der Waals surface area contributed by atoms with E-state index in [1.165, 1.54) is 6.42 Å². The van der Waals surface area contributed by atoms with E-state index in [0.717, 1.165) is 60.9 Å². The Morgan fingerprint density at radius 2 is 1.51 bits per heavy atom. The van der Waals surface area contributed by atoms with Gasteiger partial charge in [0.15, 0.2) is 5.78 Å². The molecule has 4 heterocycles. The summed E-state index contributed by atoms with van der Waals surface area (Å²) in [6.45, 7) is 2.05. The first kappa shape index (κ1) is 21.8. The fourth-order valence-corrected chi connectivity index (χ4v) is 4.95. The summed E-state index contributed by atoms with van der Waals surface area (Å²) >= 11 is 0. The van der Waals surface area contributed by atoms with Crippen molar-refractivity contribution >= 4 is 17.3 Å². The van der Waals surface area contributed by atoms with Crippen molar-refractivity contribution in [2.24, 2.45) is 0 Å². The molecule has 8 nitrogen and oxygen atoms in total. The predicted molar refractivity (Wildman–Crippen MR) is 136 cm³/mol. The monoisotopic (exact) mass is 467 g/mol. The fourth-order valence-electron chi connectivity index (χ4n) is 4.95. The molecule has 2 aromatic heterocycles. The van der Waals surface area contributed by atoms with Crippen molar-refractivity contribution in [2.45, 2.75) is 37.8 Å². The summed E-state index contributed by atoms with van der Waals surface area (Å²) in [4.78, 5) is 29.4. The molecule has 0 radical (unpaired) electrons. The molecule has 0 amide bonds. The summed E-state index contributed by atoms with van der Waals surface area (Å²) in [6, 6.07) is 15.8. The number of rotatable bonds is 7. The topological polar surface area (TPSA) is 111 Å². The molecule has 0 unspecified atom stereocenters. The molecule has 0 aliphatic carbocycles. The number of benzene rings is 2. The summed E-state index contributed by atoms with van der Waals surface area (Å²) in [6.07, 6.45) is 8.30. The first-order chi connectivity index (χ1) is 17.2. The molecule has 2 aliphatic heterocycles. The molecular formula is C27H29N7O. The van der Waals surface area contributed by atoms with E-state index in [-0.39, 0.29) is 11.8 Å². The molecule has 2 aromatic carbocycles. The van der Waals surface area contributed by atoms with E-state index in [4.69, 9.17) is 4.98 Å². The summed E-state index contributed by atoms with van der Waals surface area (Å²) in [5.74, 6) is 2.57. The van der Waals surface area contributed by atoms with Crippen molar-refractivity contribution in [3.05, 3.63) is 83.7 Å². The van der Waals surface area contributed by atoms with Gasteiger partial charge < -0.3 is 25.9 Å². The van der Waals surface area contributed by atoms with Crippen LogP contribution in [0.15, 0.2) is 60.9 Å². The quantitative estimate of drug-likeness (QED) is 0.254. The molecule has 178 valence electrons. The second-order valence-corrected chi connectivity index (χ2v) is 9.22. The zero-order valence-corrected chi connectivity index (χ0v) is 19.5. The number of carbonyl (C=O) groups is 1. The third-order valence-electron chi connectivity index (χ3n) is 6.85. The minimum absolute atomic E-state index is 0.0364. The highest BCUT2D eigenvalue weighted by Crippen LogP contribution is 2.27. The van der Waals surface area contributed by atoms with Gasteiger partial charge in [-0.25, -0.2) is 9.97 Å². The third-order valence-corrected chi connectivity index (χ3v) is 6.85. The number of para-hydroxylation sites is 1. The third kappa shape index (κ3) is 4.50. The number of H-pyrrole nitrogens is 2. The zero-order chi connectivity index (χ0) is 23.6. The lowest BCUT2D eigenvalue weighted by Gasteiger charge is -2.10. The van der Waals surface area contributed by atoms with Crippen LogP contribution in [-0.4, -0.2) is 38.8 Å². The van der Waals surface area contributed by atoms with Crippen LogP contribution in [0.1, 0.15) is 65.3 Å². The number of imidazole rings is 2. The molecule has 35 heavy (non-hydrogen) atoms. The number of hydrogen-bond acceptors (Lipinski definition) is 6. The second kappa shape index (κ2) is 9.48. The highest BCUT2D eigenvalue weighted by atomic mass is 16.1. The van der Waals surface area contributed by atoms with E-state index in [1.807, 2.05) is 60.9 Å². The number of nitrogens with one attached hydrogen (secondary N) is 5. The lowest BCUT2D eigenvalue weighted by Crippen LogP contribution is -2.14. The highest BCUT2D eigenvalue weighted by molar-refractivity contribution is 6.12. The average molecular weight is 468 g/mol. The molecule has 4 aromatic rings. The van der Waals surface area contributed by atoms with Crippen LogP contribution in [-0.2, 0) is 0 Å². The van der Waals surface area contributed by atoms with Crippen molar-refractivity contribution in [2.75, 3.05) is 18.4 Å². The Bertz CT molecular complexity index is 1310. The molecule has 6 rings (SSSR count). The molecule has 2 fully saturated rings. The van der Waals surface area contributed by atoms with Gasteiger partial charge in [-0.3, -0.25) is 4.79 Å². The number of ketones is 1. The maximum atomic E-state index is 13.4. The average Bonchev–Trinajstić information content (AvgIpc) is 3.71. The SMILES string of the molecule is O=C(c1ccc(-c2c[nH]c([C@@H]3CCCN3)n2)cc1)c1ccccc1Nc1c[nH]c([C@@H]2CCCN2)n1. The van der Waals surface area contributed by atoms with Crippen LogP contribution in [0.25, 0.3) is 11.3 Å². The van der Waals surface area contributed by atoms with E-state index < -0.39 is 0 Å². The van der Waals surface area contributed by atoms with Crippen LogP contribution in [0.5, 0.6) is 0 Å². The largest absolute Gasteiger partial charge is 0.347 e. The van der Waals surface area contributed by atoms with Crippen LogP contribution in [0.3, 0.4) is 0 Å². The molecule has 2 saturated heterocycles. The normalized spacial score (nSPS) is 19.8. The summed E-state index contributed by atoms with van der Waals surface area (Å²) < 4.78 is 0. The maximum absolute atomic E-state index is 13.4. The first-order valence-electron chi connectivity index (χ1n) is 12.3. The molecular weight excluding hydrogens is 438 g/mol. The van der Waals surface area contributed by atoms with Gasteiger partial charge in [-0.15, -0.1) is 0 Å². The van der Waals surface area contributed by atoms with Gasteiger partial charge in [0.05, 0.1) is 23.5 Å².